The molecular formula is C43H88ClN7O2. The molecule has 2 amide bonds. The number of carbonyl (C=O) groups is 2. The van der Waals surface area contributed by atoms with E-state index in [4.69, 9.17) is 22.9 Å². The molecule has 0 aliphatic heterocycles. The Labute approximate surface area is 333 Å². The Balaban J connectivity index is 0. The van der Waals surface area contributed by atoms with Crippen LogP contribution in [0.5, 0.6) is 0 Å². The second-order valence-corrected chi connectivity index (χ2v) is 15.3. The highest BCUT2D eigenvalue weighted by molar-refractivity contribution is 5.85. The summed E-state index contributed by atoms with van der Waals surface area (Å²) in [7, 11) is 0. The van der Waals surface area contributed by atoms with Gasteiger partial charge < -0.3 is 33.2 Å². The third-order valence-electron chi connectivity index (χ3n) is 10.2. The number of nitrogens with one attached hydrogen (secondary N) is 1. The number of nitrogens with two attached hydrogens (primary N) is 4. The Bertz CT molecular complexity index is 870. The average Bonchev–Trinajstić information content (AvgIpc) is 3.13. The highest BCUT2D eigenvalue weighted by atomic mass is 35.5. The number of hydrogen-bond acceptors (Lipinski definition) is 5. The number of guanidine groups is 1. The summed E-state index contributed by atoms with van der Waals surface area (Å²) in [5, 5.41) is 2.78. The number of amides is 2. The first-order chi connectivity index (χ1) is 25.3. The van der Waals surface area contributed by atoms with Gasteiger partial charge in [0.15, 0.2) is 5.96 Å². The van der Waals surface area contributed by atoms with Crippen molar-refractivity contribution in [2.75, 3.05) is 26.2 Å². The molecule has 0 rings (SSSR count). The molecule has 0 aromatic carbocycles. The molecule has 0 saturated heterocycles. The van der Waals surface area contributed by atoms with Crippen LogP contribution >= 0.6 is 12.4 Å². The summed E-state index contributed by atoms with van der Waals surface area (Å²) in [6.07, 6.45) is 41.8. The molecule has 10 heteroatoms. The number of carbonyl (C=O) groups excluding carboxylic acids is 2. The maximum Gasteiger partial charge on any atom is 0.241 e. The van der Waals surface area contributed by atoms with E-state index in [1.54, 1.807) is 0 Å². The number of aliphatic imine (C=N–C) groups is 1. The van der Waals surface area contributed by atoms with Crippen LogP contribution in [0.2, 0.25) is 0 Å². The van der Waals surface area contributed by atoms with Crippen LogP contribution in [0, 0.1) is 0 Å². The average molecular weight is 771 g/mol. The first-order valence-electron chi connectivity index (χ1n) is 22.1. The van der Waals surface area contributed by atoms with Crippen LogP contribution < -0.4 is 28.3 Å². The predicted molar refractivity (Wildman–Crippen MR) is 232 cm³/mol. The molecule has 0 radical (unpaired) electrons. The Kier molecular flexibility index (Phi) is 41.5. The lowest BCUT2D eigenvalue weighted by molar-refractivity contribution is -0.133. The quantitative estimate of drug-likeness (QED) is 0.0181. The summed E-state index contributed by atoms with van der Waals surface area (Å²) in [6, 6.07) is -1.47. The van der Waals surface area contributed by atoms with E-state index in [0.29, 0.717) is 19.4 Å². The van der Waals surface area contributed by atoms with Crippen LogP contribution in [-0.2, 0) is 9.59 Å². The van der Waals surface area contributed by atoms with Gasteiger partial charge in [0.25, 0.3) is 0 Å². The summed E-state index contributed by atoms with van der Waals surface area (Å²) in [6.45, 7) is 6.51. The number of rotatable bonds is 39. The van der Waals surface area contributed by atoms with Crippen LogP contribution in [0.25, 0.3) is 0 Å². The molecule has 0 heterocycles. The molecule has 0 aliphatic carbocycles. The summed E-state index contributed by atoms with van der Waals surface area (Å²) in [4.78, 5) is 31.8. The fourth-order valence-electron chi connectivity index (χ4n) is 6.69. The molecular weight excluding hydrogens is 682 g/mol. The highest BCUT2D eigenvalue weighted by Gasteiger charge is 2.22. The van der Waals surface area contributed by atoms with Gasteiger partial charge in [0.05, 0.1) is 6.04 Å². The molecule has 0 aliphatic rings. The van der Waals surface area contributed by atoms with Crippen LogP contribution in [0.15, 0.2) is 17.1 Å². The number of unbranched alkanes of at least 4 members (excludes halogenated alkanes) is 25. The van der Waals surface area contributed by atoms with Crippen molar-refractivity contribution < 1.29 is 9.59 Å². The van der Waals surface area contributed by atoms with Gasteiger partial charge in [-0.1, -0.05) is 167 Å². The maximum absolute atomic E-state index is 13.4. The molecule has 0 aromatic heterocycles. The number of halogens is 1. The molecule has 0 fully saturated rings. The van der Waals surface area contributed by atoms with Crippen LogP contribution in [0.1, 0.15) is 206 Å². The van der Waals surface area contributed by atoms with Gasteiger partial charge in [0.2, 0.25) is 11.8 Å². The minimum absolute atomic E-state index is 0. The molecule has 0 spiro atoms. The van der Waals surface area contributed by atoms with Crippen molar-refractivity contribution >= 4 is 30.2 Å². The molecule has 0 aromatic rings. The molecule has 53 heavy (non-hydrogen) atoms. The Hall–Kier alpha value is -1.84. The van der Waals surface area contributed by atoms with E-state index in [2.05, 4.69) is 36.3 Å². The van der Waals surface area contributed by atoms with Crippen molar-refractivity contribution in [2.45, 2.75) is 219 Å². The Morgan fingerprint density at radius 3 is 1.34 bits per heavy atom. The molecule has 9 N–H and O–H groups in total. The monoisotopic (exact) mass is 770 g/mol. The zero-order valence-corrected chi connectivity index (χ0v) is 35.6. The molecule has 2 atom stereocenters. The van der Waals surface area contributed by atoms with Gasteiger partial charge in [-0.25, -0.2) is 0 Å². The first-order valence-corrected chi connectivity index (χ1v) is 22.1. The van der Waals surface area contributed by atoms with E-state index >= 15 is 0 Å². The third kappa shape index (κ3) is 36.9. The van der Waals surface area contributed by atoms with E-state index in [-0.39, 0.29) is 36.7 Å². The number of nitrogens with zero attached hydrogens (tertiary/aromatic N) is 2. The summed E-state index contributed by atoms with van der Waals surface area (Å²) >= 11 is 0. The van der Waals surface area contributed by atoms with Crippen molar-refractivity contribution in [3.63, 3.8) is 0 Å². The molecule has 9 nitrogen and oxygen atoms in total. The summed E-state index contributed by atoms with van der Waals surface area (Å²) in [5.74, 6) is -0.359. The highest BCUT2D eigenvalue weighted by Crippen LogP contribution is 2.14. The fourth-order valence-corrected chi connectivity index (χ4v) is 6.69. The summed E-state index contributed by atoms with van der Waals surface area (Å²) in [5.41, 5.74) is 23.1. The molecule has 0 unspecified atom stereocenters. The fraction of sp³-hybridized carbons (Fsp3) is 0.884. The van der Waals surface area contributed by atoms with E-state index < -0.39 is 12.1 Å². The topological polar surface area (TPSA) is 166 Å². The number of hydrogen-bond donors (Lipinski definition) is 5. The molecule has 0 saturated carbocycles. The lowest BCUT2D eigenvalue weighted by Gasteiger charge is -2.26. The van der Waals surface area contributed by atoms with Crippen LogP contribution in [-0.4, -0.2) is 60.9 Å². The first kappa shape index (κ1) is 53.3. The van der Waals surface area contributed by atoms with E-state index in [9.17, 15) is 9.59 Å². The van der Waals surface area contributed by atoms with Crippen molar-refractivity contribution in [2.24, 2.45) is 27.9 Å². The molecule has 314 valence electrons. The predicted octanol–water partition coefficient (Wildman–Crippen LogP) is 9.58. The zero-order chi connectivity index (χ0) is 38.3. The minimum atomic E-state index is -0.779. The van der Waals surface area contributed by atoms with Gasteiger partial charge in [-0.2, -0.15) is 0 Å². The lowest BCUT2D eigenvalue weighted by atomic mass is 10.0. The van der Waals surface area contributed by atoms with Crippen molar-refractivity contribution in [1.82, 2.24) is 10.2 Å². The normalized spacial score (nSPS) is 12.4. The minimum Gasteiger partial charge on any atom is -0.370 e. The molecule has 0 bridgehead atoms. The smallest absolute Gasteiger partial charge is 0.241 e. The van der Waals surface area contributed by atoms with Gasteiger partial charge in [0.1, 0.15) is 6.04 Å². The van der Waals surface area contributed by atoms with E-state index in [1.807, 2.05) is 4.90 Å². The van der Waals surface area contributed by atoms with Crippen LogP contribution in [0.3, 0.4) is 0 Å². The standard InChI is InChI=1S/C43H87N7O2.ClH/c1-3-5-7-9-11-13-15-17-19-20-22-24-26-28-30-32-37-50(36-31-29-27-25-23-21-18-16-14-12-10-8-6-4-2)42(52)40(45)38-49-41(51)39(44)34-33-35-48-43(46)47;/h17,19,39-40H,3-16,18,20-38,44-45H2,1-2H3,(H,49,51)(H4,46,47,48);1H/b19-17-;/t39-,40-;/m0./s1. The van der Waals surface area contributed by atoms with Crippen molar-refractivity contribution in [3.8, 4) is 0 Å². The van der Waals surface area contributed by atoms with Crippen LogP contribution in [0.4, 0.5) is 0 Å². The Morgan fingerprint density at radius 1 is 0.566 bits per heavy atom. The largest absolute Gasteiger partial charge is 0.370 e. The third-order valence-corrected chi connectivity index (χ3v) is 10.2. The van der Waals surface area contributed by atoms with E-state index in [1.165, 1.54) is 154 Å². The van der Waals surface area contributed by atoms with Gasteiger partial charge in [-0.05, 0) is 51.4 Å². The van der Waals surface area contributed by atoms with Gasteiger partial charge >= 0.3 is 0 Å². The van der Waals surface area contributed by atoms with Crippen molar-refractivity contribution in [1.29, 1.82) is 0 Å². The van der Waals surface area contributed by atoms with E-state index in [0.717, 1.165) is 38.8 Å². The zero-order valence-electron chi connectivity index (χ0n) is 34.8. The second-order valence-electron chi connectivity index (χ2n) is 15.3. The lowest BCUT2D eigenvalue weighted by Crippen LogP contribution is -2.52. The van der Waals surface area contributed by atoms with Gasteiger partial charge in [0, 0.05) is 26.2 Å². The Morgan fingerprint density at radius 2 is 0.943 bits per heavy atom. The van der Waals surface area contributed by atoms with Gasteiger partial charge in [-0.3, -0.25) is 14.6 Å². The van der Waals surface area contributed by atoms with Crippen molar-refractivity contribution in [3.05, 3.63) is 12.2 Å². The number of allylic oxidation sites excluding steroid dienone is 2. The second kappa shape index (κ2) is 41.3. The van der Waals surface area contributed by atoms with Gasteiger partial charge in [-0.15, -0.1) is 12.4 Å². The summed E-state index contributed by atoms with van der Waals surface area (Å²) < 4.78 is 0. The SMILES string of the molecule is CCCCCCCC/C=C\CCCCCCCCN(CCCCCCCCCCCCCCCC)C(=O)[C@@H](N)CNC(=O)[C@@H](N)CCCN=C(N)N.Cl. The maximum atomic E-state index is 13.4.